The number of fused-ring (bicyclic) bond motifs is 1. The fourth-order valence-corrected chi connectivity index (χ4v) is 3.35. The van der Waals surface area contributed by atoms with Crippen molar-refractivity contribution in [2.45, 2.75) is 37.6 Å². The smallest absolute Gasteiger partial charge is 0.119 e. The molecule has 0 saturated heterocycles. The number of nitrogens with two attached hydrogens (primary N) is 1. The van der Waals surface area contributed by atoms with Gasteiger partial charge in [0, 0.05) is 6.04 Å². The molecule has 2 aromatic carbocycles. The predicted octanol–water partition coefficient (Wildman–Crippen LogP) is 3.69. The second-order valence-corrected chi connectivity index (χ2v) is 5.99. The summed E-state index contributed by atoms with van der Waals surface area (Å²) in [5.41, 5.74) is 10.5. The molecule has 3 rings (SSSR count). The van der Waals surface area contributed by atoms with E-state index >= 15 is 0 Å². The zero-order valence-corrected chi connectivity index (χ0v) is 12.6. The third-order valence-electron chi connectivity index (χ3n) is 4.48. The van der Waals surface area contributed by atoms with E-state index in [0.717, 1.165) is 31.4 Å². The van der Waals surface area contributed by atoms with Gasteiger partial charge >= 0.3 is 0 Å². The highest BCUT2D eigenvalue weighted by Crippen LogP contribution is 2.34. The maximum absolute atomic E-state index is 6.26. The van der Waals surface area contributed by atoms with Gasteiger partial charge in [-0.05, 0) is 60.4 Å². The largest absolute Gasteiger partial charge is 0.497 e. The molecule has 0 heterocycles. The average Bonchev–Trinajstić information content (AvgIpc) is 2.67. The first-order valence-corrected chi connectivity index (χ1v) is 7.72. The van der Waals surface area contributed by atoms with Crippen LogP contribution in [0.15, 0.2) is 48.5 Å². The van der Waals surface area contributed by atoms with Crippen LogP contribution in [0.5, 0.6) is 5.75 Å². The van der Waals surface area contributed by atoms with Gasteiger partial charge in [0.15, 0.2) is 0 Å². The molecular formula is C19H23NO. The van der Waals surface area contributed by atoms with Crippen LogP contribution >= 0.6 is 0 Å². The van der Waals surface area contributed by atoms with Crippen molar-refractivity contribution >= 4 is 0 Å². The molecule has 1 aliphatic rings. The van der Waals surface area contributed by atoms with Crippen molar-refractivity contribution < 1.29 is 4.74 Å². The van der Waals surface area contributed by atoms with Crippen molar-refractivity contribution in [3.05, 3.63) is 65.2 Å². The summed E-state index contributed by atoms with van der Waals surface area (Å²) in [6, 6.07) is 17.5. The number of ether oxygens (including phenoxy) is 1. The normalized spacial score (nSPS) is 21.4. The van der Waals surface area contributed by atoms with Crippen molar-refractivity contribution in [2.24, 2.45) is 5.73 Å². The van der Waals surface area contributed by atoms with Crippen molar-refractivity contribution in [3.63, 3.8) is 0 Å². The summed E-state index contributed by atoms with van der Waals surface area (Å²) in [4.78, 5) is 0. The van der Waals surface area contributed by atoms with E-state index in [2.05, 4.69) is 48.5 Å². The zero-order chi connectivity index (χ0) is 14.7. The molecule has 0 spiro atoms. The van der Waals surface area contributed by atoms with Crippen LogP contribution in [0.25, 0.3) is 0 Å². The molecule has 0 bridgehead atoms. The van der Waals surface area contributed by atoms with Crippen LogP contribution in [0.2, 0.25) is 0 Å². The van der Waals surface area contributed by atoms with E-state index in [1.54, 1.807) is 7.11 Å². The first-order valence-electron chi connectivity index (χ1n) is 7.72. The van der Waals surface area contributed by atoms with Gasteiger partial charge in [0.2, 0.25) is 0 Å². The number of rotatable bonds is 3. The van der Waals surface area contributed by atoms with E-state index in [9.17, 15) is 0 Å². The molecule has 0 amide bonds. The Bertz CT molecular complexity index is 594. The molecule has 2 atom stereocenters. The maximum atomic E-state index is 6.26. The molecule has 0 radical (unpaired) electrons. The van der Waals surface area contributed by atoms with Gasteiger partial charge in [-0.25, -0.2) is 0 Å². The summed E-state index contributed by atoms with van der Waals surface area (Å²) in [6.45, 7) is 0. The molecule has 0 aliphatic heterocycles. The van der Waals surface area contributed by atoms with Gasteiger partial charge in [-0.15, -0.1) is 0 Å². The summed E-state index contributed by atoms with van der Waals surface area (Å²) in [5.74, 6) is 1.49. The molecule has 2 heteroatoms. The van der Waals surface area contributed by atoms with Gasteiger partial charge in [0.05, 0.1) is 7.11 Å². The Labute approximate surface area is 126 Å². The standard InChI is InChI=1S/C19H23NO/c1-21-18-9-10-19-15(11-14-5-3-2-4-6-14)7-8-17(20)12-16(19)13-18/h2-6,9-10,13,15,17H,7-8,11-12,20H2,1H3. The van der Waals surface area contributed by atoms with Crippen LogP contribution in [0, 0.1) is 0 Å². The molecule has 2 nitrogen and oxygen atoms in total. The fourth-order valence-electron chi connectivity index (χ4n) is 3.35. The van der Waals surface area contributed by atoms with Crippen LogP contribution in [0.1, 0.15) is 35.4 Å². The Hall–Kier alpha value is -1.80. The number of hydrogen-bond acceptors (Lipinski definition) is 2. The van der Waals surface area contributed by atoms with E-state index in [-0.39, 0.29) is 6.04 Å². The van der Waals surface area contributed by atoms with Crippen LogP contribution in [0.4, 0.5) is 0 Å². The molecule has 2 N–H and O–H groups in total. The first kappa shape index (κ1) is 14.2. The van der Waals surface area contributed by atoms with Crippen molar-refractivity contribution in [1.29, 1.82) is 0 Å². The lowest BCUT2D eigenvalue weighted by Crippen LogP contribution is -2.21. The minimum Gasteiger partial charge on any atom is -0.497 e. The zero-order valence-electron chi connectivity index (χ0n) is 12.6. The van der Waals surface area contributed by atoms with Crippen molar-refractivity contribution in [2.75, 3.05) is 7.11 Å². The third-order valence-corrected chi connectivity index (χ3v) is 4.48. The van der Waals surface area contributed by atoms with E-state index < -0.39 is 0 Å². The average molecular weight is 281 g/mol. The molecule has 0 aromatic heterocycles. The summed E-state index contributed by atoms with van der Waals surface area (Å²) in [7, 11) is 1.72. The second kappa shape index (κ2) is 6.31. The summed E-state index contributed by atoms with van der Waals surface area (Å²) in [5, 5.41) is 0. The topological polar surface area (TPSA) is 35.2 Å². The lowest BCUT2D eigenvalue weighted by Gasteiger charge is -2.18. The van der Waals surface area contributed by atoms with Crippen LogP contribution in [-0.4, -0.2) is 13.2 Å². The molecule has 110 valence electrons. The Morgan fingerprint density at radius 2 is 1.90 bits per heavy atom. The van der Waals surface area contributed by atoms with Crippen molar-refractivity contribution in [3.8, 4) is 5.75 Å². The Balaban J connectivity index is 1.91. The Morgan fingerprint density at radius 3 is 2.67 bits per heavy atom. The molecule has 1 aliphatic carbocycles. The van der Waals surface area contributed by atoms with E-state index in [1.807, 2.05) is 0 Å². The van der Waals surface area contributed by atoms with Crippen LogP contribution < -0.4 is 10.5 Å². The van der Waals surface area contributed by atoms with Crippen LogP contribution in [0.3, 0.4) is 0 Å². The predicted molar refractivity (Wildman–Crippen MR) is 86.8 cm³/mol. The SMILES string of the molecule is COc1ccc2c(c1)CC(N)CCC2Cc1ccccc1. The maximum Gasteiger partial charge on any atom is 0.119 e. The fraction of sp³-hybridized carbons (Fsp3) is 0.368. The quantitative estimate of drug-likeness (QED) is 0.871. The van der Waals surface area contributed by atoms with E-state index in [0.29, 0.717) is 5.92 Å². The third kappa shape index (κ3) is 3.27. The van der Waals surface area contributed by atoms with Crippen LogP contribution in [-0.2, 0) is 12.8 Å². The second-order valence-electron chi connectivity index (χ2n) is 5.99. The monoisotopic (exact) mass is 281 g/mol. The van der Waals surface area contributed by atoms with E-state index in [4.69, 9.17) is 10.5 Å². The minimum atomic E-state index is 0.261. The van der Waals surface area contributed by atoms with Gasteiger partial charge in [-0.2, -0.15) is 0 Å². The first-order chi connectivity index (χ1) is 10.3. The number of benzene rings is 2. The highest BCUT2D eigenvalue weighted by Gasteiger charge is 2.22. The molecule has 2 aromatic rings. The van der Waals surface area contributed by atoms with Gasteiger partial charge in [-0.1, -0.05) is 36.4 Å². The molecule has 2 unspecified atom stereocenters. The number of methoxy groups -OCH3 is 1. The molecule has 0 fully saturated rings. The lowest BCUT2D eigenvalue weighted by atomic mass is 9.87. The lowest BCUT2D eigenvalue weighted by molar-refractivity contribution is 0.414. The van der Waals surface area contributed by atoms with E-state index in [1.165, 1.54) is 16.7 Å². The molecular weight excluding hydrogens is 258 g/mol. The van der Waals surface area contributed by atoms with Gasteiger partial charge in [-0.3, -0.25) is 0 Å². The number of hydrogen-bond donors (Lipinski definition) is 1. The van der Waals surface area contributed by atoms with Crippen molar-refractivity contribution in [1.82, 2.24) is 0 Å². The highest BCUT2D eigenvalue weighted by molar-refractivity contribution is 5.40. The summed E-state index contributed by atoms with van der Waals surface area (Å²) < 4.78 is 5.37. The minimum absolute atomic E-state index is 0.261. The summed E-state index contributed by atoms with van der Waals surface area (Å²) in [6.07, 6.45) is 4.30. The summed E-state index contributed by atoms with van der Waals surface area (Å²) >= 11 is 0. The van der Waals surface area contributed by atoms with Gasteiger partial charge in [0.1, 0.15) is 5.75 Å². The molecule has 0 saturated carbocycles. The highest BCUT2D eigenvalue weighted by atomic mass is 16.5. The van der Waals surface area contributed by atoms with Gasteiger partial charge in [0.25, 0.3) is 0 Å². The Morgan fingerprint density at radius 1 is 1.10 bits per heavy atom. The Kier molecular flexibility index (Phi) is 4.26. The molecule has 21 heavy (non-hydrogen) atoms. The van der Waals surface area contributed by atoms with Gasteiger partial charge < -0.3 is 10.5 Å².